The number of hydrogen-bond acceptors (Lipinski definition) is 2. The summed E-state index contributed by atoms with van der Waals surface area (Å²) in [6.07, 6.45) is 4.62. The molecule has 0 aliphatic carbocycles. The van der Waals surface area contributed by atoms with Gasteiger partial charge < -0.3 is 5.32 Å². The van der Waals surface area contributed by atoms with Crippen LogP contribution in [-0.2, 0) is 4.79 Å². The summed E-state index contributed by atoms with van der Waals surface area (Å²) in [5.74, 6) is -0.439. The van der Waals surface area contributed by atoms with Gasteiger partial charge in [-0.2, -0.15) is 0 Å². The zero-order valence-electron chi connectivity index (χ0n) is 7.83. The lowest BCUT2D eigenvalue weighted by Crippen LogP contribution is -2.19. The average Bonchev–Trinajstić information content (AvgIpc) is 2.15. The smallest absolute Gasteiger partial charge is 0.217 e. The van der Waals surface area contributed by atoms with Gasteiger partial charge in [0.15, 0.2) is 0 Å². The van der Waals surface area contributed by atoms with Gasteiger partial charge in [-0.3, -0.25) is 9.78 Å². The van der Waals surface area contributed by atoms with Crippen molar-refractivity contribution in [3.8, 4) is 0 Å². The fourth-order valence-electron chi connectivity index (χ4n) is 0.868. The van der Waals surface area contributed by atoms with E-state index in [1.165, 1.54) is 13.0 Å². The monoisotopic (exact) mass is 194 g/mol. The minimum atomic E-state index is -0.357. The molecular formula is C10H11FN2O. The van der Waals surface area contributed by atoms with Crippen LogP contribution in [0.4, 0.5) is 4.39 Å². The zero-order chi connectivity index (χ0) is 10.4. The Morgan fingerprint density at radius 3 is 3.00 bits per heavy atom. The van der Waals surface area contributed by atoms with Crippen molar-refractivity contribution in [2.45, 2.75) is 6.92 Å². The van der Waals surface area contributed by atoms with Gasteiger partial charge in [0.2, 0.25) is 5.91 Å². The second kappa shape index (κ2) is 5.11. The number of pyridine rings is 1. The number of nitrogens with one attached hydrogen (secondary N) is 1. The minimum Gasteiger partial charge on any atom is -0.353 e. The van der Waals surface area contributed by atoms with Gasteiger partial charge in [-0.05, 0) is 18.2 Å². The maximum absolute atomic E-state index is 12.4. The van der Waals surface area contributed by atoms with E-state index in [0.29, 0.717) is 12.2 Å². The number of hydrogen-bond donors (Lipinski definition) is 1. The quantitative estimate of drug-likeness (QED) is 0.789. The third-order valence-electron chi connectivity index (χ3n) is 1.51. The van der Waals surface area contributed by atoms with E-state index in [-0.39, 0.29) is 11.7 Å². The van der Waals surface area contributed by atoms with Crippen molar-refractivity contribution in [3.63, 3.8) is 0 Å². The maximum Gasteiger partial charge on any atom is 0.217 e. The van der Waals surface area contributed by atoms with Crippen LogP contribution in [0.25, 0.3) is 6.08 Å². The standard InChI is InChI=1S/C10H11FN2O/c1-8(14)12-6-2-3-10-5-4-9(11)7-13-10/h2-5,7H,6H2,1H3,(H,12,14). The fourth-order valence-corrected chi connectivity index (χ4v) is 0.868. The summed E-state index contributed by atoms with van der Waals surface area (Å²) in [7, 11) is 0. The van der Waals surface area contributed by atoms with E-state index in [0.717, 1.165) is 6.20 Å². The van der Waals surface area contributed by atoms with Crippen molar-refractivity contribution in [3.05, 3.63) is 35.9 Å². The van der Waals surface area contributed by atoms with Gasteiger partial charge >= 0.3 is 0 Å². The molecule has 0 aromatic carbocycles. The highest BCUT2D eigenvalue weighted by Crippen LogP contribution is 1.99. The molecule has 1 rings (SSSR count). The molecule has 4 heteroatoms. The number of halogens is 1. The van der Waals surface area contributed by atoms with Crippen molar-refractivity contribution < 1.29 is 9.18 Å². The molecular weight excluding hydrogens is 183 g/mol. The van der Waals surface area contributed by atoms with Crippen molar-refractivity contribution in [1.82, 2.24) is 10.3 Å². The SMILES string of the molecule is CC(=O)NCC=Cc1ccc(F)cn1. The van der Waals surface area contributed by atoms with Crippen LogP contribution in [0.5, 0.6) is 0 Å². The Morgan fingerprint density at radius 1 is 1.64 bits per heavy atom. The lowest BCUT2D eigenvalue weighted by atomic mass is 10.3. The molecule has 0 saturated heterocycles. The minimum absolute atomic E-state index is 0.0817. The Kier molecular flexibility index (Phi) is 3.79. The number of nitrogens with zero attached hydrogens (tertiary/aromatic N) is 1. The van der Waals surface area contributed by atoms with Gasteiger partial charge in [0.25, 0.3) is 0 Å². The summed E-state index contributed by atoms with van der Waals surface area (Å²) in [5.41, 5.74) is 0.664. The molecule has 3 nitrogen and oxygen atoms in total. The molecule has 74 valence electrons. The van der Waals surface area contributed by atoms with Crippen LogP contribution in [0.1, 0.15) is 12.6 Å². The van der Waals surface area contributed by atoms with Crippen LogP contribution >= 0.6 is 0 Å². The number of rotatable bonds is 3. The molecule has 0 aliphatic rings. The molecule has 1 N–H and O–H groups in total. The third kappa shape index (κ3) is 3.80. The summed E-state index contributed by atoms with van der Waals surface area (Å²) in [5, 5.41) is 2.60. The molecule has 0 atom stereocenters. The van der Waals surface area contributed by atoms with Crippen molar-refractivity contribution in [2.24, 2.45) is 0 Å². The Morgan fingerprint density at radius 2 is 2.43 bits per heavy atom. The molecule has 0 saturated carbocycles. The molecule has 14 heavy (non-hydrogen) atoms. The highest BCUT2D eigenvalue weighted by molar-refractivity contribution is 5.73. The first-order valence-corrected chi connectivity index (χ1v) is 4.21. The summed E-state index contributed by atoms with van der Waals surface area (Å²) in [6.45, 7) is 1.90. The molecule has 0 fully saturated rings. The number of amides is 1. The Balaban J connectivity index is 2.44. The maximum atomic E-state index is 12.4. The van der Waals surface area contributed by atoms with Gasteiger partial charge in [-0.25, -0.2) is 4.39 Å². The average molecular weight is 194 g/mol. The predicted molar refractivity (Wildman–Crippen MR) is 51.9 cm³/mol. The zero-order valence-corrected chi connectivity index (χ0v) is 7.83. The first kappa shape index (κ1) is 10.4. The number of carbonyl (C=O) groups is 1. The van der Waals surface area contributed by atoms with Gasteiger partial charge in [0.05, 0.1) is 11.9 Å². The van der Waals surface area contributed by atoms with Gasteiger partial charge in [0, 0.05) is 13.5 Å². The van der Waals surface area contributed by atoms with E-state index in [9.17, 15) is 9.18 Å². The van der Waals surface area contributed by atoms with Crippen LogP contribution in [0.2, 0.25) is 0 Å². The van der Waals surface area contributed by atoms with Crippen LogP contribution in [-0.4, -0.2) is 17.4 Å². The molecule has 1 aromatic heterocycles. The van der Waals surface area contributed by atoms with E-state index >= 15 is 0 Å². The normalized spacial score (nSPS) is 10.4. The van der Waals surface area contributed by atoms with Gasteiger partial charge in [-0.15, -0.1) is 0 Å². The topological polar surface area (TPSA) is 42.0 Å². The lowest BCUT2D eigenvalue weighted by molar-refractivity contribution is -0.118. The summed E-state index contributed by atoms with van der Waals surface area (Å²) in [4.78, 5) is 14.3. The highest BCUT2D eigenvalue weighted by atomic mass is 19.1. The molecule has 0 radical (unpaired) electrons. The van der Waals surface area contributed by atoms with Crippen LogP contribution < -0.4 is 5.32 Å². The predicted octanol–water partition coefficient (Wildman–Crippen LogP) is 1.37. The number of carbonyl (C=O) groups excluding carboxylic acids is 1. The van der Waals surface area contributed by atoms with Crippen molar-refractivity contribution in [2.75, 3.05) is 6.54 Å². The second-order valence-electron chi connectivity index (χ2n) is 2.74. The lowest BCUT2D eigenvalue weighted by Gasteiger charge is -1.94. The van der Waals surface area contributed by atoms with E-state index < -0.39 is 0 Å². The molecule has 0 aliphatic heterocycles. The van der Waals surface area contributed by atoms with E-state index in [1.54, 1.807) is 18.2 Å². The molecule has 1 heterocycles. The fraction of sp³-hybridized carbons (Fsp3) is 0.200. The highest BCUT2D eigenvalue weighted by Gasteiger charge is 1.90. The molecule has 1 aromatic rings. The Bertz CT molecular complexity index is 332. The summed E-state index contributed by atoms with van der Waals surface area (Å²) < 4.78 is 12.4. The van der Waals surface area contributed by atoms with E-state index in [1.807, 2.05) is 0 Å². The van der Waals surface area contributed by atoms with E-state index in [2.05, 4.69) is 10.3 Å². The second-order valence-corrected chi connectivity index (χ2v) is 2.74. The van der Waals surface area contributed by atoms with Crippen molar-refractivity contribution in [1.29, 1.82) is 0 Å². The number of aromatic nitrogens is 1. The van der Waals surface area contributed by atoms with Gasteiger partial charge in [-0.1, -0.05) is 6.08 Å². The summed E-state index contributed by atoms with van der Waals surface area (Å²) >= 11 is 0. The molecule has 0 spiro atoms. The summed E-state index contributed by atoms with van der Waals surface area (Å²) in [6, 6.07) is 2.91. The first-order chi connectivity index (χ1) is 6.68. The molecule has 1 amide bonds. The van der Waals surface area contributed by atoms with Crippen LogP contribution in [0.3, 0.4) is 0 Å². The van der Waals surface area contributed by atoms with Crippen LogP contribution in [0, 0.1) is 5.82 Å². The largest absolute Gasteiger partial charge is 0.353 e. The first-order valence-electron chi connectivity index (χ1n) is 4.21. The van der Waals surface area contributed by atoms with Crippen LogP contribution in [0.15, 0.2) is 24.4 Å². The third-order valence-corrected chi connectivity index (χ3v) is 1.51. The Hall–Kier alpha value is -1.71. The molecule has 0 bridgehead atoms. The molecule has 0 unspecified atom stereocenters. The van der Waals surface area contributed by atoms with Crippen molar-refractivity contribution >= 4 is 12.0 Å². The van der Waals surface area contributed by atoms with Gasteiger partial charge in [0.1, 0.15) is 5.82 Å². The van der Waals surface area contributed by atoms with E-state index in [4.69, 9.17) is 0 Å². The Labute approximate surface area is 81.7 Å².